The van der Waals surface area contributed by atoms with Crippen molar-refractivity contribution < 1.29 is 9.53 Å². The Hall–Kier alpha value is -2.21. The van der Waals surface area contributed by atoms with E-state index in [1.54, 1.807) is 23.3 Å². The molecule has 2 aromatic heterocycles. The second-order valence-corrected chi connectivity index (χ2v) is 5.80. The fraction of sp³-hybridized carbons (Fsp3) is 0.471. The lowest BCUT2D eigenvalue weighted by Crippen LogP contribution is -2.34. The molecule has 0 radical (unpaired) electrons. The molecule has 1 N–H and O–H groups in total. The SMILES string of the molecule is CCc1cnccc1NC(=O)[C@@H]1CCCO[C@H]1c1ccnn1C. The molecule has 2 aromatic rings. The van der Waals surface area contributed by atoms with Gasteiger partial charge in [0.15, 0.2) is 0 Å². The van der Waals surface area contributed by atoms with Gasteiger partial charge in [0.05, 0.1) is 11.6 Å². The van der Waals surface area contributed by atoms with Gasteiger partial charge in [-0.1, -0.05) is 6.92 Å². The minimum Gasteiger partial charge on any atom is -0.371 e. The molecular formula is C17H22N4O2. The first-order valence-electron chi connectivity index (χ1n) is 8.04. The Kier molecular flexibility index (Phi) is 4.71. The predicted molar refractivity (Wildman–Crippen MR) is 86.9 cm³/mol. The summed E-state index contributed by atoms with van der Waals surface area (Å²) in [6.07, 6.45) is 7.52. The number of anilines is 1. The molecule has 23 heavy (non-hydrogen) atoms. The quantitative estimate of drug-likeness (QED) is 0.941. The Balaban J connectivity index is 1.80. The average molecular weight is 314 g/mol. The molecule has 0 aliphatic carbocycles. The van der Waals surface area contributed by atoms with Gasteiger partial charge in [-0.05, 0) is 37.0 Å². The molecule has 2 atom stereocenters. The van der Waals surface area contributed by atoms with Crippen LogP contribution in [0.1, 0.15) is 37.1 Å². The highest BCUT2D eigenvalue weighted by Gasteiger charge is 2.34. The van der Waals surface area contributed by atoms with E-state index in [9.17, 15) is 4.79 Å². The average Bonchev–Trinajstić information content (AvgIpc) is 3.01. The largest absolute Gasteiger partial charge is 0.371 e. The molecule has 0 unspecified atom stereocenters. The van der Waals surface area contributed by atoms with Crippen LogP contribution in [0.3, 0.4) is 0 Å². The van der Waals surface area contributed by atoms with Gasteiger partial charge in [-0.15, -0.1) is 0 Å². The van der Waals surface area contributed by atoms with E-state index in [1.165, 1.54) is 0 Å². The van der Waals surface area contributed by atoms with Gasteiger partial charge in [-0.25, -0.2) is 0 Å². The third kappa shape index (κ3) is 3.27. The highest BCUT2D eigenvalue weighted by Crippen LogP contribution is 2.34. The van der Waals surface area contributed by atoms with E-state index < -0.39 is 0 Å². The van der Waals surface area contributed by atoms with E-state index in [1.807, 2.05) is 19.2 Å². The molecule has 6 nitrogen and oxygen atoms in total. The normalized spacial score (nSPS) is 21.1. The minimum atomic E-state index is -0.247. The molecule has 3 rings (SSSR count). The first-order chi connectivity index (χ1) is 11.2. The molecule has 3 heterocycles. The van der Waals surface area contributed by atoms with E-state index in [4.69, 9.17) is 4.74 Å². The zero-order valence-electron chi connectivity index (χ0n) is 13.5. The molecule has 1 aliphatic rings. The van der Waals surface area contributed by atoms with E-state index in [0.717, 1.165) is 36.2 Å². The van der Waals surface area contributed by atoms with Crippen molar-refractivity contribution in [2.75, 3.05) is 11.9 Å². The van der Waals surface area contributed by atoms with Gasteiger partial charge < -0.3 is 10.1 Å². The number of rotatable bonds is 4. The van der Waals surface area contributed by atoms with Crippen LogP contribution in [0.5, 0.6) is 0 Å². The molecule has 1 amide bonds. The van der Waals surface area contributed by atoms with Gasteiger partial charge >= 0.3 is 0 Å². The molecule has 0 saturated carbocycles. The Bertz CT molecular complexity index is 683. The van der Waals surface area contributed by atoms with E-state index in [0.29, 0.717) is 6.61 Å². The molecule has 1 fully saturated rings. The molecule has 0 aromatic carbocycles. The number of aromatic nitrogens is 3. The van der Waals surface area contributed by atoms with Crippen molar-refractivity contribution in [2.45, 2.75) is 32.3 Å². The fourth-order valence-corrected chi connectivity index (χ4v) is 3.06. The van der Waals surface area contributed by atoms with Gasteiger partial charge in [-0.3, -0.25) is 14.5 Å². The predicted octanol–water partition coefficient (Wildman–Crippen LogP) is 2.48. The molecule has 1 saturated heterocycles. The second-order valence-electron chi connectivity index (χ2n) is 5.80. The van der Waals surface area contributed by atoms with Crippen molar-refractivity contribution in [1.82, 2.24) is 14.8 Å². The summed E-state index contributed by atoms with van der Waals surface area (Å²) in [5.41, 5.74) is 2.81. The Morgan fingerprint density at radius 1 is 1.43 bits per heavy atom. The monoisotopic (exact) mass is 314 g/mol. The van der Waals surface area contributed by atoms with Crippen LogP contribution < -0.4 is 5.32 Å². The van der Waals surface area contributed by atoms with Gasteiger partial charge in [0.2, 0.25) is 5.91 Å². The van der Waals surface area contributed by atoms with Crippen molar-refractivity contribution in [3.8, 4) is 0 Å². The van der Waals surface area contributed by atoms with Gasteiger partial charge in [0, 0.05) is 37.9 Å². The van der Waals surface area contributed by atoms with Crippen LogP contribution in [0, 0.1) is 5.92 Å². The molecular weight excluding hydrogens is 292 g/mol. The highest BCUT2D eigenvalue weighted by molar-refractivity contribution is 5.93. The summed E-state index contributed by atoms with van der Waals surface area (Å²) in [4.78, 5) is 16.9. The van der Waals surface area contributed by atoms with Crippen LogP contribution in [0.25, 0.3) is 0 Å². The number of ether oxygens (including phenoxy) is 1. The van der Waals surface area contributed by atoms with E-state index in [2.05, 4.69) is 22.3 Å². The third-order valence-electron chi connectivity index (χ3n) is 4.35. The summed E-state index contributed by atoms with van der Waals surface area (Å²) >= 11 is 0. The Labute approximate surface area is 135 Å². The summed E-state index contributed by atoms with van der Waals surface area (Å²) in [6, 6.07) is 3.76. The smallest absolute Gasteiger partial charge is 0.230 e. The van der Waals surface area contributed by atoms with Gasteiger partial charge in [-0.2, -0.15) is 5.10 Å². The Morgan fingerprint density at radius 3 is 3.04 bits per heavy atom. The summed E-state index contributed by atoms with van der Waals surface area (Å²) < 4.78 is 7.68. The standard InChI is InChI=1S/C17H22N4O2/c1-3-12-11-18-8-6-14(12)20-17(22)13-5-4-10-23-16(13)15-7-9-19-21(15)2/h6-9,11,13,16H,3-5,10H2,1-2H3,(H,18,20,22)/t13-,16-/m1/s1. The zero-order chi connectivity index (χ0) is 16.2. The van der Waals surface area contributed by atoms with Gasteiger partial charge in [0.25, 0.3) is 0 Å². The van der Waals surface area contributed by atoms with Gasteiger partial charge in [0.1, 0.15) is 6.10 Å². The number of pyridine rings is 1. The van der Waals surface area contributed by atoms with Crippen LogP contribution in [0.2, 0.25) is 0 Å². The Morgan fingerprint density at radius 2 is 2.30 bits per heavy atom. The van der Waals surface area contributed by atoms with Crippen LogP contribution in [-0.4, -0.2) is 27.3 Å². The van der Waals surface area contributed by atoms with Crippen LogP contribution >= 0.6 is 0 Å². The second kappa shape index (κ2) is 6.91. The van der Waals surface area contributed by atoms with Crippen LogP contribution in [0.4, 0.5) is 5.69 Å². The maximum atomic E-state index is 12.8. The van der Waals surface area contributed by atoms with Crippen molar-refractivity contribution >= 4 is 11.6 Å². The number of aryl methyl sites for hydroxylation is 2. The third-order valence-corrected chi connectivity index (χ3v) is 4.35. The topological polar surface area (TPSA) is 69.0 Å². The number of carbonyl (C=O) groups excluding carboxylic acids is 1. The first-order valence-corrected chi connectivity index (χ1v) is 8.04. The zero-order valence-corrected chi connectivity index (χ0v) is 13.5. The summed E-state index contributed by atoms with van der Waals surface area (Å²) in [6.45, 7) is 2.73. The van der Waals surface area contributed by atoms with Crippen LogP contribution in [-0.2, 0) is 23.0 Å². The number of nitrogens with one attached hydrogen (secondary N) is 1. The molecule has 0 spiro atoms. The number of hydrogen-bond acceptors (Lipinski definition) is 4. The van der Waals surface area contributed by atoms with Crippen molar-refractivity contribution in [3.63, 3.8) is 0 Å². The lowest BCUT2D eigenvalue weighted by molar-refractivity contribution is -0.129. The summed E-state index contributed by atoms with van der Waals surface area (Å²) in [5, 5.41) is 7.25. The lowest BCUT2D eigenvalue weighted by Gasteiger charge is -2.31. The van der Waals surface area contributed by atoms with Crippen molar-refractivity contribution in [3.05, 3.63) is 42.0 Å². The lowest BCUT2D eigenvalue weighted by atomic mass is 9.91. The maximum Gasteiger partial charge on any atom is 0.230 e. The fourth-order valence-electron chi connectivity index (χ4n) is 3.06. The molecule has 0 bridgehead atoms. The molecule has 1 aliphatic heterocycles. The maximum absolute atomic E-state index is 12.8. The number of carbonyl (C=O) groups is 1. The summed E-state index contributed by atoms with van der Waals surface area (Å²) in [7, 11) is 1.88. The molecule has 122 valence electrons. The van der Waals surface area contributed by atoms with E-state index >= 15 is 0 Å². The minimum absolute atomic E-state index is 0.00296. The number of nitrogens with zero attached hydrogens (tertiary/aromatic N) is 3. The van der Waals surface area contributed by atoms with E-state index in [-0.39, 0.29) is 17.9 Å². The summed E-state index contributed by atoms with van der Waals surface area (Å²) in [5.74, 6) is -0.214. The first kappa shape index (κ1) is 15.7. The highest BCUT2D eigenvalue weighted by atomic mass is 16.5. The van der Waals surface area contributed by atoms with Crippen molar-refractivity contribution in [2.24, 2.45) is 13.0 Å². The molecule has 6 heteroatoms. The van der Waals surface area contributed by atoms with Crippen molar-refractivity contribution in [1.29, 1.82) is 0 Å². The number of hydrogen-bond donors (Lipinski definition) is 1. The number of amides is 1. The van der Waals surface area contributed by atoms with Crippen LogP contribution in [0.15, 0.2) is 30.7 Å².